The molecule has 0 saturated carbocycles. The highest BCUT2D eigenvalue weighted by Crippen LogP contribution is 2.33. The average Bonchev–Trinajstić information content (AvgIpc) is 2.97. The zero-order chi connectivity index (χ0) is 13.6. The van der Waals surface area contributed by atoms with E-state index in [0.717, 1.165) is 0 Å². The standard InChI is InChI=1S/C10H12ClN5O3/c11-9-8-7(10(12)15-14-9)13-3-16(8)6-1-4(18)5(2-17)19-6/h3-6,17-18H,1-2H2,(H2,12,15)/t4-,5+,6?/m0/s1. The molecule has 1 unspecified atom stereocenters. The summed E-state index contributed by atoms with van der Waals surface area (Å²) < 4.78 is 7.19. The molecule has 19 heavy (non-hydrogen) atoms. The van der Waals surface area contributed by atoms with Crippen LogP contribution in [0.4, 0.5) is 5.82 Å². The predicted molar refractivity (Wildman–Crippen MR) is 66.4 cm³/mol. The molecule has 3 heterocycles. The van der Waals surface area contributed by atoms with E-state index >= 15 is 0 Å². The molecule has 1 saturated heterocycles. The van der Waals surface area contributed by atoms with Crippen LogP contribution in [0.1, 0.15) is 12.6 Å². The van der Waals surface area contributed by atoms with Crippen molar-refractivity contribution in [1.29, 1.82) is 0 Å². The maximum absolute atomic E-state index is 9.75. The molecule has 0 radical (unpaired) electrons. The van der Waals surface area contributed by atoms with Crippen molar-refractivity contribution < 1.29 is 14.9 Å². The summed E-state index contributed by atoms with van der Waals surface area (Å²) in [5.41, 5.74) is 6.62. The second kappa shape index (κ2) is 4.57. The first-order chi connectivity index (χ1) is 9.11. The van der Waals surface area contributed by atoms with Crippen LogP contribution in [-0.2, 0) is 4.74 Å². The number of aliphatic hydroxyl groups is 2. The lowest BCUT2D eigenvalue weighted by atomic mass is 10.2. The van der Waals surface area contributed by atoms with Crippen molar-refractivity contribution in [2.75, 3.05) is 12.3 Å². The minimum atomic E-state index is -0.738. The smallest absolute Gasteiger partial charge is 0.177 e. The minimum absolute atomic E-state index is 0.159. The number of hydrogen-bond acceptors (Lipinski definition) is 7. The van der Waals surface area contributed by atoms with Gasteiger partial charge in [0.15, 0.2) is 11.0 Å². The van der Waals surface area contributed by atoms with Gasteiger partial charge < -0.3 is 25.3 Å². The van der Waals surface area contributed by atoms with E-state index in [2.05, 4.69) is 15.2 Å². The summed E-state index contributed by atoms with van der Waals surface area (Å²) in [5, 5.41) is 26.4. The Hall–Kier alpha value is -1.48. The lowest BCUT2D eigenvalue weighted by Gasteiger charge is -2.14. The van der Waals surface area contributed by atoms with E-state index in [1.165, 1.54) is 6.33 Å². The number of nitrogen functional groups attached to an aromatic ring is 1. The zero-order valence-corrected chi connectivity index (χ0v) is 10.5. The van der Waals surface area contributed by atoms with Gasteiger partial charge in [0, 0.05) is 6.42 Å². The Kier molecular flexibility index (Phi) is 3.02. The van der Waals surface area contributed by atoms with E-state index in [4.69, 9.17) is 27.2 Å². The fraction of sp³-hybridized carbons (Fsp3) is 0.500. The Morgan fingerprint density at radius 2 is 2.32 bits per heavy atom. The quantitative estimate of drug-likeness (QED) is 0.693. The molecule has 0 spiro atoms. The summed E-state index contributed by atoms with van der Waals surface area (Å²) in [6.45, 7) is -0.250. The number of fused-ring (bicyclic) bond motifs is 1. The van der Waals surface area contributed by atoms with Crippen molar-refractivity contribution in [3.8, 4) is 0 Å². The molecule has 2 aromatic heterocycles. The monoisotopic (exact) mass is 285 g/mol. The first-order valence-corrected chi connectivity index (χ1v) is 6.08. The molecule has 1 aliphatic heterocycles. The zero-order valence-electron chi connectivity index (χ0n) is 9.77. The van der Waals surface area contributed by atoms with Gasteiger partial charge in [0.1, 0.15) is 23.4 Å². The third-order valence-corrected chi connectivity index (χ3v) is 3.43. The SMILES string of the molecule is Nc1nnc(Cl)c2c1ncn2C1C[C@H](O)[C@@H](CO)O1. The maximum Gasteiger partial charge on any atom is 0.177 e. The van der Waals surface area contributed by atoms with Gasteiger partial charge in [0.25, 0.3) is 0 Å². The van der Waals surface area contributed by atoms with Gasteiger partial charge in [0.2, 0.25) is 0 Å². The van der Waals surface area contributed by atoms with Crippen LogP contribution in [0.5, 0.6) is 0 Å². The number of hydrogen-bond donors (Lipinski definition) is 3. The predicted octanol–water partition coefficient (Wildman–Crippen LogP) is -0.297. The molecule has 1 fully saturated rings. The topological polar surface area (TPSA) is 119 Å². The van der Waals surface area contributed by atoms with E-state index < -0.39 is 18.4 Å². The van der Waals surface area contributed by atoms with Gasteiger partial charge >= 0.3 is 0 Å². The molecule has 4 N–H and O–H groups in total. The molecule has 2 aromatic rings. The summed E-state index contributed by atoms with van der Waals surface area (Å²) in [6.07, 6.45) is 0.00725. The second-order valence-electron chi connectivity index (χ2n) is 4.34. The van der Waals surface area contributed by atoms with Crippen LogP contribution in [0.2, 0.25) is 5.15 Å². The maximum atomic E-state index is 9.75. The highest BCUT2D eigenvalue weighted by Gasteiger charge is 2.35. The lowest BCUT2D eigenvalue weighted by Crippen LogP contribution is -2.24. The van der Waals surface area contributed by atoms with Crippen molar-refractivity contribution in [3.63, 3.8) is 0 Å². The van der Waals surface area contributed by atoms with Gasteiger partial charge in [-0.25, -0.2) is 4.98 Å². The third kappa shape index (κ3) is 1.93. The third-order valence-electron chi connectivity index (χ3n) is 3.17. The normalized spacial score (nSPS) is 27.2. The molecular weight excluding hydrogens is 274 g/mol. The molecule has 102 valence electrons. The van der Waals surface area contributed by atoms with E-state index in [0.29, 0.717) is 17.5 Å². The molecule has 1 aliphatic rings. The summed E-state index contributed by atoms with van der Waals surface area (Å²) >= 11 is 6.00. The number of imidazole rings is 1. The lowest BCUT2D eigenvalue weighted by molar-refractivity contribution is -0.0430. The van der Waals surface area contributed by atoms with Crippen molar-refractivity contribution in [3.05, 3.63) is 11.5 Å². The molecule has 3 rings (SSSR count). The van der Waals surface area contributed by atoms with E-state index in [9.17, 15) is 5.11 Å². The van der Waals surface area contributed by atoms with Gasteiger partial charge in [-0.05, 0) is 0 Å². The van der Waals surface area contributed by atoms with Gasteiger partial charge in [0.05, 0.1) is 19.0 Å². The van der Waals surface area contributed by atoms with Crippen LogP contribution < -0.4 is 5.73 Å². The molecule has 3 atom stereocenters. The molecule has 0 amide bonds. The fourth-order valence-electron chi connectivity index (χ4n) is 2.21. The highest BCUT2D eigenvalue weighted by molar-refractivity contribution is 6.33. The number of ether oxygens (including phenoxy) is 1. The summed E-state index contributed by atoms with van der Waals surface area (Å²) in [7, 11) is 0. The largest absolute Gasteiger partial charge is 0.394 e. The van der Waals surface area contributed by atoms with Crippen molar-refractivity contribution in [2.45, 2.75) is 24.9 Å². The van der Waals surface area contributed by atoms with Gasteiger partial charge in [-0.15, -0.1) is 10.2 Å². The van der Waals surface area contributed by atoms with E-state index in [1.54, 1.807) is 4.57 Å². The first kappa shape index (κ1) is 12.5. The van der Waals surface area contributed by atoms with E-state index in [1.807, 2.05) is 0 Å². The van der Waals surface area contributed by atoms with Crippen LogP contribution >= 0.6 is 11.6 Å². The number of halogens is 1. The van der Waals surface area contributed by atoms with Gasteiger partial charge in [-0.1, -0.05) is 11.6 Å². The van der Waals surface area contributed by atoms with Crippen LogP contribution in [0.3, 0.4) is 0 Å². The van der Waals surface area contributed by atoms with Crippen molar-refractivity contribution in [2.24, 2.45) is 0 Å². The van der Waals surface area contributed by atoms with Crippen LogP contribution in [-0.4, -0.2) is 48.8 Å². The summed E-state index contributed by atoms with van der Waals surface area (Å²) in [5.74, 6) is 0.176. The minimum Gasteiger partial charge on any atom is -0.394 e. The molecule has 0 aliphatic carbocycles. The van der Waals surface area contributed by atoms with Crippen LogP contribution in [0, 0.1) is 0 Å². The number of nitrogens with zero attached hydrogens (tertiary/aromatic N) is 4. The van der Waals surface area contributed by atoms with Crippen LogP contribution in [0.25, 0.3) is 11.0 Å². The summed E-state index contributed by atoms with van der Waals surface area (Å²) in [6, 6.07) is 0. The fourth-order valence-corrected chi connectivity index (χ4v) is 2.44. The molecule has 8 nitrogen and oxygen atoms in total. The van der Waals surface area contributed by atoms with Crippen LogP contribution in [0.15, 0.2) is 6.33 Å². The Morgan fingerprint density at radius 3 is 3.00 bits per heavy atom. The Morgan fingerprint density at radius 1 is 1.53 bits per heavy atom. The number of aliphatic hydroxyl groups excluding tert-OH is 2. The molecule has 9 heteroatoms. The Balaban J connectivity index is 2.05. The number of rotatable bonds is 2. The second-order valence-corrected chi connectivity index (χ2v) is 4.70. The summed E-state index contributed by atoms with van der Waals surface area (Å²) in [4.78, 5) is 4.13. The number of anilines is 1. The number of aromatic nitrogens is 4. The first-order valence-electron chi connectivity index (χ1n) is 5.70. The van der Waals surface area contributed by atoms with E-state index in [-0.39, 0.29) is 17.6 Å². The Labute approximate surface area is 112 Å². The van der Waals surface area contributed by atoms with Crippen molar-refractivity contribution >= 4 is 28.5 Å². The highest BCUT2D eigenvalue weighted by atomic mass is 35.5. The number of nitrogens with two attached hydrogens (primary N) is 1. The van der Waals surface area contributed by atoms with Gasteiger partial charge in [-0.2, -0.15) is 0 Å². The molecular formula is C10H12ClN5O3. The average molecular weight is 286 g/mol. The van der Waals surface area contributed by atoms with Crippen molar-refractivity contribution in [1.82, 2.24) is 19.7 Å². The Bertz CT molecular complexity index is 618. The van der Waals surface area contributed by atoms with Gasteiger partial charge in [-0.3, -0.25) is 0 Å². The molecule has 0 bridgehead atoms. The molecule has 0 aromatic carbocycles.